The molecule has 0 atom stereocenters. The van der Waals surface area contributed by atoms with Crippen molar-refractivity contribution in [2.24, 2.45) is 0 Å². The van der Waals surface area contributed by atoms with E-state index < -0.39 is 0 Å². The van der Waals surface area contributed by atoms with Gasteiger partial charge in [0.2, 0.25) is 5.91 Å². The van der Waals surface area contributed by atoms with Crippen LogP contribution in [-0.4, -0.2) is 31.6 Å². The molecule has 0 saturated heterocycles. The number of likely N-dealkylation sites (N-methyl/N-ethyl adjacent to an activating group) is 1. The zero-order valence-electron chi connectivity index (χ0n) is 14.8. The molecule has 6 heteroatoms. The second kappa shape index (κ2) is 7.11. The van der Waals surface area contributed by atoms with Gasteiger partial charge in [-0.15, -0.1) is 0 Å². The number of aromatic nitrogens is 1. The Balaban J connectivity index is 1.70. The first kappa shape index (κ1) is 17.2. The monoisotopic (exact) mass is 355 g/mol. The number of nitrogens with zero attached hydrogens (tertiary/aromatic N) is 2. The average Bonchev–Trinajstić information content (AvgIpc) is 3.06. The SMILES string of the molecule is COc1ccc(NC(=O)CN(C)c2nc3c(C)ccc(C)c3s2)cc1. The smallest absolute Gasteiger partial charge is 0.243 e. The molecule has 0 aliphatic carbocycles. The number of ether oxygens (including phenoxy) is 1. The summed E-state index contributed by atoms with van der Waals surface area (Å²) in [6.45, 7) is 4.38. The normalized spacial score (nSPS) is 10.7. The highest BCUT2D eigenvalue weighted by atomic mass is 32.1. The minimum Gasteiger partial charge on any atom is -0.497 e. The topological polar surface area (TPSA) is 54.5 Å². The van der Waals surface area contributed by atoms with Gasteiger partial charge in [0.1, 0.15) is 5.75 Å². The number of benzene rings is 2. The van der Waals surface area contributed by atoms with Crippen LogP contribution in [0, 0.1) is 13.8 Å². The number of nitrogens with one attached hydrogen (secondary N) is 1. The first-order chi connectivity index (χ1) is 12.0. The van der Waals surface area contributed by atoms with Gasteiger partial charge >= 0.3 is 0 Å². The third kappa shape index (κ3) is 3.74. The average molecular weight is 355 g/mol. The summed E-state index contributed by atoms with van der Waals surface area (Å²) in [6.07, 6.45) is 0. The van der Waals surface area contributed by atoms with E-state index in [2.05, 4.69) is 31.3 Å². The van der Waals surface area contributed by atoms with Crippen molar-refractivity contribution in [3.63, 3.8) is 0 Å². The maximum atomic E-state index is 12.3. The number of fused-ring (bicyclic) bond motifs is 1. The van der Waals surface area contributed by atoms with E-state index in [4.69, 9.17) is 9.72 Å². The van der Waals surface area contributed by atoms with Crippen molar-refractivity contribution in [2.75, 3.05) is 30.9 Å². The van der Waals surface area contributed by atoms with E-state index in [9.17, 15) is 4.79 Å². The summed E-state index contributed by atoms with van der Waals surface area (Å²) >= 11 is 1.62. The van der Waals surface area contributed by atoms with Crippen molar-refractivity contribution < 1.29 is 9.53 Å². The molecule has 1 amide bonds. The van der Waals surface area contributed by atoms with Crippen LogP contribution in [0.5, 0.6) is 5.75 Å². The standard InChI is InChI=1S/C19H21N3O2S/c1-12-5-6-13(2)18-17(12)21-19(25-18)22(3)11-16(23)20-14-7-9-15(24-4)10-8-14/h5-10H,11H2,1-4H3,(H,20,23). The molecule has 25 heavy (non-hydrogen) atoms. The lowest BCUT2D eigenvalue weighted by atomic mass is 10.1. The summed E-state index contributed by atoms with van der Waals surface area (Å²) < 4.78 is 6.29. The lowest BCUT2D eigenvalue weighted by Crippen LogP contribution is -2.29. The fraction of sp³-hybridized carbons (Fsp3) is 0.263. The van der Waals surface area contributed by atoms with Crippen molar-refractivity contribution in [3.05, 3.63) is 47.5 Å². The molecule has 5 nitrogen and oxygen atoms in total. The molecule has 1 heterocycles. The van der Waals surface area contributed by atoms with Crippen LogP contribution >= 0.6 is 11.3 Å². The van der Waals surface area contributed by atoms with Gasteiger partial charge in [-0.2, -0.15) is 0 Å². The van der Waals surface area contributed by atoms with Crippen LogP contribution in [0.3, 0.4) is 0 Å². The molecule has 2 aromatic carbocycles. The zero-order valence-corrected chi connectivity index (χ0v) is 15.6. The molecule has 0 spiro atoms. The van der Waals surface area contributed by atoms with Crippen LogP contribution < -0.4 is 15.0 Å². The Labute approximate surface area is 151 Å². The third-order valence-corrected chi connectivity index (χ3v) is 5.32. The number of rotatable bonds is 5. The number of hydrogen-bond donors (Lipinski definition) is 1. The third-order valence-electron chi connectivity index (χ3n) is 4.01. The molecule has 3 aromatic rings. The van der Waals surface area contributed by atoms with Gasteiger partial charge in [-0.1, -0.05) is 23.5 Å². The maximum Gasteiger partial charge on any atom is 0.243 e. The molecular formula is C19H21N3O2S. The zero-order chi connectivity index (χ0) is 18.0. The molecule has 1 N–H and O–H groups in total. The van der Waals surface area contributed by atoms with E-state index in [1.54, 1.807) is 18.4 Å². The lowest BCUT2D eigenvalue weighted by molar-refractivity contribution is -0.114. The highest BCUT2D eigenvalue weighted by Gasteiger charge is 2.14. The van der Waals surface area contributed by atoms with Gasteiger partial charge in [0.05, 0.1) is 23.9 Å². The molecule has 3 rings (SSSR count). The Kier molecular flexibility index (Phi) is 4.90. The van der Waals surface area contributed by atoms with Gasteiger partial charge in [0.15, 0.2) is 5.13 Å². The summed E-state index contributed by atoms with van der Waals surface area (Å²) in [5, 5.41) is 3.74. The van der Waals surface area contributed by atoms with Crippen LogP contribution in [0.4, 0.5) is 10.8 Å². The molecule has 1 aromatic heterocycles. The number of methoxy groups -OCH3 is 1. The van der Waals surface area contributed by atoms with E-state index in [1.807, 2.05) is 36.2 Å². The number of amides is 1. The quantitative estimate of drug-likeness (QED) is 0.752. The summed E-state index contributed by atoms with van der Waals surface area (Å²) in [5.74, 6) is 0.677. The van der Waals surface area contributed by atoms with E-state index in [1.165, 1.54) is 10.3 Å². The first-order valence-corrected chi connectivity index (χ1v) is 8.81. The predicted molar refractivity (Wildman–Crippen MR) is 104 cm³/mol. The second-order valence-electron chi connectivity index (χ2n) is 6.01. The fourth-order valence-electron chi connectivity index (χ4n) is 2.57. The molecule has 0 aliphatic rings. The van der Waals surface area contributed by atoms with Gasteiger partial charge in [-0.25, -0.2) is 4.98 Å². The maximum absolute atomic E-state index is 12.3. The summed E-state index contributed by atoms with van der Waals surface area (Å²) in [7, 11) is 3.50. The molecular weight excluding hydrogens is 334 g/mol. The molecule has 0 radical (unpaired) electrons. The Hall–Kier alpha value is -2.60. The predicted octanol–water partition coefficient (Wildman–Crippen LogP) is 4.00. The van der Waals surface area contributed by atoms with Gasteiger partial charge in [-0.05, 0) is 49.2 Å². The van der Waals surface area contributed by atoms with Gasteiger partial charge in [0, 0.05) is 12.7 Å². The molecule has 0 unspecified atom stereocenters. The molecule has 0 aliphatic heterocycles. The molecule has 0 fully saturated rings. The largest absolute Gasteiger partial charge is 0.497 e. The van der Waals surface area contributed by atoms with Crippen LogP contribution in [0.1, 0.15) is 11.1 Å². The molecule has 0 saturated carbocycles. The second-order valence-corrected chi connectivity index (χ2v) is 6.98. The van der Waals surface area contributed by atoms with Crippen LogP contribution in [-0.2, 0) is 4.79 Å². The first-order valence-electron chi connectivity index (χ1n) is 7.99. The van der Waals surface area contributed by atoms with Crippen molar-refractivity contribution in [1.29, 1.82) is 0 Å². The Morgan fingerprint density at radius 1 is 1.16 bits per heavy atom. The number of anilines is 2. The molecule has 0 bridgehead atoms. The van der Waals surface area contributed by atoms with Crippen LogP contribution in [0.2, 0.25) is 0 Å². The summed E-state index contributed by atoms with van der Waals surface area (Å²) in [5.41, 5.74) is 4.12. The van der Waals surface area contributed by atoms with Crippen molar-refractivity contribution in [2.45, 2.75) is 13.8 Å². The summed E-state index contributed by atoms with van der Waals surface area (Å²) in [4.78, 5) is 18.9. The van der Waals surface area contributed by atoms with E-state index in [-0.39, 0.29) is 12.5 Å². The number of carbonyl (C=O) groups excluding carboxylic acids is 1. The highest BCUT2D eigenvalue weighted by molar-refractivity contribution is 7.22. The van der Waals surface area contributed by atoms with E-state index in [0.29, 0.717) is 0 Å². The fourth-order valence-corrected chi connectivity index (χ4v) is 3.64. The van der Waals surface area contributed by atoms with E-state index >= 15 is 0 Å². The van der Waals surface area contributed by atoms with Crippen LogP contribution in [0.25, 0.3) is 10.2 Å². The summed E-state index contributed by atoms with van der Waals surface area (Å²) in [6, 6.07) is 11.5. The minimum atomic E-state index is -0.0830. The van der Waals surface area contributed by atoms with Crippen molar-refractivity contribution in [3.8, 4) is 5.75 Å². The van der Waals surface area contributed by atoms with Gasteiger partial charge in [-0.3, -0.25) is 4.79 Å². The van der Waals surface area contributed by atoms with Gasteiger partial charge in [0.25, 0.3) is 0 Å². The Morgan fingerprint density at radius 3 is 2.48 bits per heavy atom. The van der Waals surface area contributed by atoms with Gasteiger partial charge < -0.3 is 15.0 Å². The Bertz CT molecular complexity index is 864. The lowest BCUT2D eigenvalue weighted by Gasteiger charge is -2.15. The number of aryl methyl sites for hydroxylation is 2. The molecule has 130 valence electrons. The number of hydrogen-bond acceptors (Lipinski definition) is 5. The highest BCUT2D eigenvalue weighted by Crippen LogP contribution is 2.32. The van der Waals surface area contributed by atoms with E-state index in [0.717, 1.165) is 27.6 Å². The Morgan fingerprint density at radius 2 is 1.84 bits per heavy atom. The minimum absolute atomic E-state index is 0.0830. The number of thiazole rings is 1. The van der Waals surface area contributed by atoms with Crippen molar-refractivity contribution in [1.82, 2.24) is 4.98 Å². The number of carbonyl (C=O) groups is 1. The van der Waals surface area contributed by atoms with Crippen LogP contribution in [0.15, 0.2) is 36.4 Å². The van der Waals surface area contributed by atoms with Crippen molar-refractivity contribution >= 4 is 38.3 Å².